The Morgan fingerprint density at radius 3 is 2.82 bits per heavy atom. The summed E-state index contributed by atoms with van der Waals surface area (Å²) in [5.41, 5.74) is 0.590. The number of phenolic OH excluding ortho intramolecular Hbond substituents is 1. The van der Waals surface area contributed by atoms with Gasteiger partial charge in [0.15, 0.2) is 11.5 Å². The predicted octanol–water partition coefficient (Wildman–Crippen LogP) is 1.29. The first kappa shape index (κ1) is 11.8. The van der Waals surface area contributed by atoms with E-state index >= 15 is 0 Å². The van der Waals surface area contributed by atoms with Crippen molar-refractivity contribution < 1.29 is 19.4 Å². The van der Waals surface area contributed by atoms with Crippen molar-refractivity contribution in [2.75, 3.05) is 7.11 Å². The number of phenols is 1. The quantitative estimate of drug-likeness (QED) is 0.849. The van der Waals surface area contributed by atoms with Gasteiger partial charge in [0.25, 0.3) is 5.24 Å². The Morgan fingerprint density at radius 1 is 1.47 bits per heavy atom. The number of ether oxygens (including phenoxy) is 1. The van der Waals surface area contributed by atoms with E-state index in [2.05, 4.69) is 5.32 Å². The molecule has 17 heavy (non-hydrogen) atoms. The zero-order valence-corrected chi connectivity index (χ0v) is 9.91. The topological polar surface area (TPSA) is 75.6 Å². The number of thioether (sulfide) groups is 1. The summed E-state index contributed by atoms with van der Waals surface area (Å²) in [5, 5.41) is 11.2. The summed E-state index contributed by atoms with van der Waals surface area (Å²) >= 11 is 0.939. The molecule has 0 spiro atoms. The second-order valence-corrected chi connectivity index (χ2v) is 4.73. The molecular weight excluding hydrogens is 242 g/mol. The zero-order valence-electron chi connectivity index (χ0n) is 9.10. The number of amides is 2. The Morgan fingerprint density at radius 2 is 2.24 bits per heavy atom. The molecule has 2 rings (SSSR count). The molecule has 1 aromatic carbocycles. The van der Waals surface area contributed by atoms with Crippen LogP contribution in [0.2, 0.25) is 0 Å². The van der Waals surface area contributed by atoms with Gasteiger partial charge in [-0.2, -0.15) is 0 Å². The number of rotatable bonds is 3. The van der Waals surface area contributed by atoms with Crippen molar-refractivity contribution in [3.05, 3.63) is 23.8 Å². The number of carbonyl (C=O) groups is 2. The lowest BCUT2D eigenvalue weighted by Crippen LogP contribution is -2.25. The van der Waals surface area contributed by atoms with Gasteiger partial charge in [-0.25, -0.2) is 0 Å². The number of imide groups is 1. The number of carbonyl (C=O) groups excluding carboxylic acids is 2. The molecule has 0 aromatic heterocycles. The Kier molecular flexibility index (Phi) is 3.23. The maximum Gasteiger partial charge on any atom is 0.286 e. The van der Waals surface area contributed by atoms with Crippen LogP contribution in [0.15, 0.2) is 18.2 Å². The first-order chi connectivity index (χ1) is 8.11. The number of benzene rings is 1. The second-order valence-electron chi connectivity index (χ2n) is 3.56. The molecule has 1 aliphatic rings. The smallest absolute Gasteiger partial charge is 0.286 e. The highest BCUT2D eigenvalue weighted by Gasteiger charge is 2.32. The van der Waals surface area contributed by atoms with E-state index in [1.807, 2.05) is 0 Å². The van der Waals surface area contributed by atoms with Gasteiger partial charge in [-0.3, -0.25) is 14.9 Å². The largest absolute Gasteiger partial charge is 0.504 e. The van der Waals surface area contributed by atoms with Crippen LogP contribution in [-0.2, 0) is 11.2 Å². The van der Waals surface area contributed by atoms with Gasteiger partial charge in [-0.05, 0) is 18.1 Å². The van der Waals surface area contributed by atoms with E-state index in [0.29, 0.717) is 17.7 Å². The molecular formula is C11H11NO4S. The highest BCUT2D eigenvalue weighted by Crippen LogP contribution is 2.33. The summed E-state index contributed by atoms with van der Waals surface area (Å²) in [4.78, 5) is 22.4. The highest BCUT2D eigenvalue weighted by atomic mass is 32.2. The first-order valence-electron chi connectivity index (χ1n) is 4.98. The van der Waals surface area contributed by atoms with Crippen LogP contribution in [-0.4, -0.2) is 28.6 Å². The summed E-state index contributed by atoms with van der Waals surface area (Å²) in [5.74, 6) is 0.0576. The predicted molar refractivity (Wildman–Crippen MR) is 63.3 cm³/mol. The SMILES string of the molecule is COc1cccc(CC2SC(=O)NC2=O)c1O. The van der Waals surface area contributed by atoms with Gasteiger partial charge < -0.3 is 9.84 Å². The molecule has 0 saturated carbocycles. The van der Waals surface area contributed by atoms with Gasteiger partial charge in [0.2, 0.25) is 5.91 Å². The summed E-state index contributed by atoms with van der Waals surface area (Å²) in [6.45, 7) is 0. The Bertz CT molecular complexity index is 475. The van der Waals surface area contributed by atoms with Crippen molar-refractivity contribution in [3.8, 4) is 11.5 Å². The van der Waals surface area contributed by atoms with Crippen molar-refractivity contribution in [1.82, 2.24) is 5.32 Å². The van der Waals surface area contributed by atoms with Crippen molar-refractivity contribution >= 4 is 22.9 Å². The van der Waals surface area contributed by atoms with Crippen LogP contribution in [0.25, 0.3) is 0 Å². The minimum Gasteiger partial charge on any atom is -0.504 e. The fourth-order valence-corrected chi connectivity index (χ4v) is 2.47. The number of para-hydroxylation sites is 1. The highest BCUT2D eigenvalue weighted by molar-refractivity contribution is 8.15. The molecule has 1 atom stereocenters. The van der Waals surface area contributed by atoms with Gasteiger partial charge in [0, 0.05) is 0 Å². The summed E-state index contributed by atoms with van der Waals surface area (Å²) in [7, 11) is 1.46. The number of methoxy groups -OCH3 is 1. The Hall–Kier alpha value is -1.69. The zero-order chi connectivity index (χ0) is 12.4. The van der Waals surface area contributed by atoms with Crippen molar-refractivity contribution in [2.45, 2.75) is 11.7 Å². The molecule has 2 amide bonds. The number of nitrogens with one attached hydrogen (secondary N) is 1. The van der Waals surface area contributed by atoms with E-state index in [1.54, 1.807) is 18.2 Å². The maximum absolute atomic E-state index is 11.4. The third-order valence-corrected chi connectivity index (χ3v) is 3.46. The average molecular weight is 253 g/mol. The molecule has 1 heterocycles. The maximum atomic E-state index is 11.4. The molecule has 1 fully saturated rings. The van der Waals surface area contributed by atoms with E-state index < -0.39 is 5.25 Å². The number of hydrogen-bond acceptors (Lipinski definition) is 5. The van der Waals surface area contributed by atoms with E-state index in [0.717, 1.165) is 11.8 Å². The standard InChI is InChI=1S/C11H11NO4S/c1-16-7-4-2-3-6(9(7)13)5-8-10(14)12-11(15)17-8/h2-4,8,13H,5H2,1H3,(H,12,14,15). The van der Waals surface area contributed by atoms with E-state index in [9.17, 15) is 14.7 Å². The van der Waals surface area contributed by atoms with Gasteiger partial charge >= 0.3 is 0 Å². The molecule has 6 heteroatoms. The van der Waals surface area contributed by atoms with E-state index in [1.165, 1.54) is 7.11 Å². The van der Waals surface area contributed by atoms with Crippen LogP contribution in [0.3, 0.4) is 0 Å². The molecule has 0 bridgehead atoms. The molecule has 1 saturated heterocycles. The number of hydrogen-bond donors (Lipinski definition) is 2. The number of aromatic hydroxyl groups is 1. The van der Waals surface area contributed by atoms with E-state index in [4.69, 9.17) is 4.74 Å². The fourth-order valence-electron chi connectivity index (χ4n) is 1.62. The molecule has 5 nitrogen and oxygen atoms in total. The fraction of sp³-hybridized carbons (Fsp3) is 0.273. The molecule has 2 N–H and O–H groups in total. The van der Waals surface area contributed by atoms with Crippen molar-refractivity contribution in [3.63, 3.8) is 0 Å². The normalized spacial score (nSPS) is 19.2. The Balaban J connectivity index is 2.19. The van der Waals surface area contributed by atoms with Crippen LogP contribution in [0.1, 0.15) is 5.56 Å². The minimum absolute atomic E-state index is 0.0164. The molecule has 0 aliphatic carbocycles. The summed E-state index contributed by atoms with van der Waals surface area (Å²) < 4.78 is 4.97. The van der Waals surface area contributed by atoms with Crippen molar-refractivity contribution in [2.24, 2.45) is 0 Å². The summed E-state index contributed by atoms with van der Waals surface area (Å²) in [6, 6.07) is 5.06. The molecule has 1 aromatic rings. The average Bonchev–Trinajstić information content (AvgIpc) is 2.60. The van der Waals surface area contributed by atoms with Gasteiger partial charge in [-0.15, -0.1) is 0 Å². The second kappa shape index (κ2) is 4.67. The van der Waals surface area contributed by atoms with Gasteiger partial charge in [0.1, 0.15) is 0 Å². The molecule has 1 aliphatic heterocycles. The van der Waals surface area contributed by atoms with E-state index in [-0.39, 0.29) is 16.9 Å². The van der Waals surface area contributed by atoms with Crippen LogP contribution in [0.4, 0.5) is 4.79 Å². The minimum atomic E-state index is -0.486. The third-order valence-electron chi connectivity index (χ3n) is 2.47. The molecule has 90 valence electrons. The monoisotopic (exact) mass is 253 g/mol. The summed E-state index contributed by atoms with van der Waals surface area (Å²) in [6.07, 6.45) is 0.297. The molecule has 1 unspecified atom stereocenters. The van der Waals surface area contributed by atoms with Crippen LogP contribution in [0.5, 0.6) is 11.5 Å². The van der Waals surface area contributed by atoms with Crippen LogP contribution < -0.4 is 10.1 Å². The lowest BCUT2D eigenvalue weighted by molar-refractivity contribution is -0.118. The van der Waals surface area contributed by atoms with Crippen molar-refractivity contribution in [1.29, 1.82) is 0 Å². The molecule has 0 radical (unpaired) electrons. The Labute approximate surface area is 102 Å². The lowest BCUT2D eigenvalue weighted by atomic mass is 10.1. The van der Waals surface area contributed by atoms with Gasteiger partial charge in [0.05, 0.1) is 12.4 Å². The van der Waals surface area contributed by atoms with Crippen LogP contribution in [0, 0.1) is 0 Å². The lowest BCUT2D eigenvalue weighted by Gasteiger charge is -2.10. The van der Waals surface area contributed by atoms with Gasteiger partial charge in [-0.1, -0.05) is 23.9 Å². The first-order valence-corrected chi connectivity index (χ1v) is 5.86. The van der Waals surface area contributed by atoms with Crippen LogP contribution >= 0.6 is 11.8 Å². The third kappa shape index (κ3) is 2.36.